The van der Waals surface area contributed by atoms with Gasteiger partial charge in [-0.25, -0.2) is 4.99 Å². The average Bonchev–Trinajstić information content (AvgIpc) is 2.88. The summed E-state index contributed by atoms with van der Waals surface area (Å²) in [6, 6.07) is 21.8. The van der Waals surface area contributed by atoms with Crippen molar-refractivity contribution in [2.45, 2.75) is 9.79 Å². The van der Waals surface area contributed by atoms with Gasteiger partial charge in [-0.3, -0.25) is 4.79 Å². The molecule has 3 aromatic rings. The lowest BCUT2D eigenvalue weighted by atomic mass is 10.0. The molecule has 3 aromatic carbocycles. The molecule has 140 valence electrons. The summed E-state index contributed by atoms with van der Waals surface area (Å²) in [5.74, 6) is -0.219. The smallest absolute Gasteiger partial charge is 0.251 e. The van der Waals surface area contributed by atoms with Crippen LogP contribution in [0.15, 0.2) is 86.0 Å². The van der Waals surface area contributed by atoms with Crippen LogP contribution in [-0.4, -0.2) is 29.9 Å². The van der Waals surface area contributed by atoms with Gasteiger partial charge in [-0.1, -0.05) is 58.0 Å². The number of aliphatic hydroxyl groups excluding tert-OH is 1. The highest BCUT2D eigenvalue weighted by Gasteiger charge is 2.19. The lowest BCUT2D eigenvalue weighted by Gasteiger charge is -2.09. The van der Waals surface area contributed by atoms with Crippen molar-refractivity contribution >= 4 is 45.0 Å². The van der Waals surface area contributed by atoms with Gasteiger partial charge in [-0.2, -0.15) is 0 Å². The maximum Gasteiger partial charge on any atom is 0.251 e. The van der Waals surface area contributed by atoms with E-state index in [4.69, 9.17) is 10.1 Å². The fourth-order valence-electron chi connectivity index (χ4n) is 2.98. The summed E-state index contributed by atoms with van der Waals surface area (Å²) in [6.07, 6.45) is 0. The third kappa shape index (κ3) is 3.90. The summed E-state index contributed by atoms with van der Waals surface area (Å²) in [7, 11) is 0. The van der Waals surface area contributed by atoms with Gasteiger partial charge in [0.2, 0.25) is 0 Å². The van der Waals surface area contributed by atoms with E-state index in [1.165, 1.54) is 0 Å². The number of carbonyl (C=O) groups is 1. The van der Waals surface area contributed by atoms with Crippen LogP contribution in [0.25, 0.3) is 0 Å². The average molecular weight is 453 g/mol. The minimum atomic E-state index is -0.219. The highest BCUT2D eigenvalue weighted by atomic mass is 79.9. The fourth-order valence-corrected chi connectivity index (χ4v) is 4.25. The molecule has 2 N–H and O–H groups in total. The minimum Gasteiger partial charge on any atom is -0.395 e. The Morgan fingerprint density at radius 1 is 1.04 bits per heavy atom. The van der Waals surface area contributed by atoms with Gasteiger partial charge in [-0.05, 0) is 36.4 Å². The van der Waals surface area contributed by atoms with Crippen molar-refractivity contribution in [3.05, 3.63) is 87.9 Å². The molecule has 1 heterocycles. The summed E-state index contributed by atoms with van der Waals surface area (Å²) < 4.78 is 1.01. The molecule has 6 heteroatoms. The number of hydrogen-bond donors (Lipinski definition) is 2. The Morgan fingerprint density at radius 3 is 2.61 bits per heavy atom. The number of nitrogens with zero attached hydrogens (tertiary/aromatic N) is 1. The first kappa shape index (κ1) is 18.9. The van der Waals surface area contributed by atoms with Crippen LogP contribution in [0.2, 0.25) is 0 Å². The molecule has 0 aromatic heterocycles. The van der Waals surface area contributed by atoms with Gasteiger partial charge in [0, 0.05) is 37.5 Å². The summed E-state index contributed by atoms with van der Waals surface area (Å²) in [5.41, 5.74) is 4.24. The van der Waals surface area contributed by atoms with E-state index in [9.17, 15) is 4.79 Å². The highest BCUT2D eigenvalue weighted by Crippen LogP contribution is 2.41. The van der Waals surface area contributed by atoms with Crippen molar-refractivity contribution < 1.29 is 9.90 Å². The minimum absolute atomic E-state index is 0.0896. The number of carbonyl (C=O) groups excluding carboxylic acids is 1. The van der Waals surface area contributed by atoms with Crippen LogP contribution in [0.1, 0.15) is 21.5 Å². The molecule has 4 nitrogen and oxygen atoms in total. The van der Waals surface area contributed by atoms with Crippen LogP contribution in [0, 0.1) is 0 Å². The predicted octanol–water partition coefficient (Wildman–Crippen LogP) is 4.80. The lowest BCUT2D eigenvalue weighted by Crippen LogP contribution is -2.26. The Balaban J connectivity index is 1.84. The first-order chi connectivity index (χ1) is 13.7. The van der Waals surface area contributed by atoms with Gasteiger partial charge in [-0.15, -0.1) is 0 Å². The van der Waals surface area contributed by atoms with E-state index in [1.54, 1.807) is 23.9 Å². The number of halogens is 1. The number of nitrogens with one attached hydrogen (secondary N) is 1. The lowest BCUT2D eigenvalue weighted by molar-refractivity contribution is 0.0944. The van der Waals surface area contributed by atoms with Gasteiger partial charge in [0.25, 0.3) is 5.91 Å². The second-order valence-corrected chi connectivity index (χ2v) is 8.23. The molecule has 0 atom stereocenters. The standard InChI is InChI=1S/C22H17BrN2O2S/c23-16-8-5-14(6-9-16)21-17-3-1-2-4-19(17)28-20-10-7-15(13-18(20)25-21)22(27)24-11-12-26/h1-10,13,26H,11-12H2,(H,24,27). The molecular formula is C22H17BrN2O2S. The van der Waals surface area contributed by atoms with E-state index in [-0.39, 0.29) is 19.1 Å². The number of fused-ring (bicyclic) bond motifs is 2. The normalized spacial score (nSPS) is 12.4. The molecule has 0 bridgehead atoms. The number of hydrogen-bond acceptors (Lipinski definition) is 4. The molecule has 0 saturated carbocycles. The number of aliphatic hydroxyl groups is 1. The summed E-state index contributed by atoms with van der Waals surface area (Å²) >= 11 is 5.13. The quantitative estimate of drug-likeness (QED) is 0.467. The van der Waals surface area contributed by atoms with Crippen LogP contribution in [0.3, 0.4) is 0 Å². The van der Waals surface area contributed by atoms with Crippen molar-refractivity contribution in [2.75, 3.05) is 13.2 Å². The molecule has 0 saturated heterocycles. The molecule has 0 aliphatic carbocycles. The molecule has 1 aliphatic rings. The van der Waals surface area contributed by atoms with Crippen molar-refractivity contribution in [1.82, 2.24) is 5.32 Å². The molecule has 4 rings (SSSR count). The topological polar surface area (TPSA) is 61.7 Å². The third-order valence-electron chi connectivity index (χ3n) is 4.33. The molecule has 0 radical (unpaired) electrons. The first-order valence-corrected chi connectivity index (χ1v) is 10.4. The van der Waals surface area contributed by atoms with Crippen molar-refractivity contribution in [3.63, 3.8) is 0 Å². The van der Waals surface area contributed by atoms with E-state index in [0.29, 0.717) is 5.56 Å². The van der Waals surface area contributed by atoms with Gasteiger partial charge in [0.1, 0.15) is 0 Å². The monoisotopic (exact) mass is 452 g/mol. The molecule has 1 amide bonds. The maximum atomic E-state index is 12.3. The van der Waals surface area contributed by atoms with Crippen LogP contribution in [-0.2, 0) is 0 Å². The second kappa shape index (κ2) is 8.31. The van der Waals surface area contributed by atoms with Crippen LogP contribution < -0.4 is 5.32 Å². The van der Waals surface area contributed by atoms with E-state index in [2.05, 4.69) is 33.4 Å². The fraction of sp³-hybridized carbons (Fsp3) is 0.0909. The Hall–Kier alpha value is -2.41. The van der Waals surface area contributed by atoms with Gasteiger partial charge >= 0.3 is 0 Å². The van der Waals surface area contributed by atoms with E-state index in [1.807, 2.05) is 42.5 Å². The van der Waals surface area contributed by atoms with Gasteiger partial charge < -0.3 is 10.4 Å². The Morgan fingerprint density at radius 2 is 1.82 bits per heavy atom. The second-order valence-electron chi connectivity index (χ2n) is 6.23. The molecular weight excluding hydrogens is 436 g/mol. The highest BCUT2D eigenvalue weighted by molar-refractivity contribution is 9.10. The van der Waals surface area contributed by atoms with Gasteiger partial charge in [0.05, 0.1) is 18.0 Å². The number of benzene rings is 3. The predicted molar refractivity (Wildman–Crippen MR) is 116 cm³/mol. The molecule has 0 unspecified atom stereocenters. The number of aliphatic imine (C=N–C) groups is 1. The van der Waals surface area contributed by atoms with Crippen LogP contribution in [0.5, 0.6) is 0 Å². The summed E-state index contributed by atoms with van der Waals surface area (Å²) in [4.78, 5) is 19.4. The first-order valence-electron chi connectivity index (χ1n) is 8.81. The molecule has 1 aliphatic heterocycles. The Bertz CT molecular complexity index is 1060. The van der Waals surface area contributed by atoms with Crippen LogP contribution in [0.4, 0.5) is 5.69 Å². The zero-order valence-corrected chi connectivity index (χ0v) is 17.3. The van der Waals surface area contributed by atoms with Gasteiger partial charge in [0.15, 0.2) is 0 Å². The summed E-state index contributed by atoms with van der Waals surface area (Å²) in [6.45, 7) is 0.136. The van der Waals surface area contributed by atoms with Crippen molar-refractivity contribution in [1.29, 1.82) is 0 Å². The zero-order chi connectivity index (χ0) is 19.5. The SMILES string of the molecule is O=C(NCCO)c1ccc2c(c1)N=C(c1ccc(Br)cc1)c1ccccc1S2. The van der Waals surface area contributed by atoms with E-state index >= 15 is 0 Å². The van der Waals surface area contributed by atoms with E-state index < -0.39 is 0 Å². The maximum absolute atomic E-state index is 12.3. The van der Waals surface area contributed by atoms with E-state index in [0.717, 1.165) is 36.8 Å². The number of rotatable bonds is 4. The third-order valence-corrected chi connectivity index (χ3v) is 6.00. The molecule has 0 spiro atoms. The Labute approximate surface area is 175 Å². The van der Waals surface area contributed by atoms with Crippen molar-refractivity contribution in [2.24, 2.45) is 4.99 Å². The zero-order valence-electron chi connectivity index (χ0n) is 14.9. The summed E-state index contributed by atoms with van der Waals surface area (Å²) in [5, 5.41) is 11.6. The van der Waals surface area contributed by atoms with Crippen molar-refractivity contribution in [3.8, 4) is 0 Å². The number of amides is 1. The van der Waals surface area contributed by atoms with Crippen LogP contribution >= 0.6 is 27.7 Å². The largest absolute Gasteiger partial charge is 0.395 e. The molecule has 0 fully saturated rings. The Kier molecular flexibility index (Phi) is 5.62. The molecule has 28 heavy (non-hydrogen) atoms.